The average molecular weight is 407 g/mol. The molecule has 10 heteroatoms. The molecule has 0 aliphatic carbocycles. The van der Waals surface area contributed by atoms with E-state index in [-0.39, 0.29) is 29.6 Å². The molecule has 0 aliphatic rings. The highest BCUT2D eigenvalue weighted by atomic mass is 79.9. The third-order valence-corrected chi connectivity index (χ3v) is 4.26. The standard InChI is InChI=1S/C15H9BrF2N6O/c16-11-12(14-20-4-5-25-14)22-15(19)24-13(11)21-10(23-24)6-7-8(17)2-1-3-9(7)18/h1-5H,6H2,(H2,19,22). The van der Waals surface area contributed by atoms with Crippen LogP contribution in [0.1, 0.15) is 11.4 Å². The molecule has 0 aliphatic heterocycles. The fourth-order valence-corrected chi connectivity index (χ4v) is 2.90. The molecule has 7 nitrogen and oxygen atoms in total. The van der Waals surface area contributed by atoms with Gasteiger partial charge in [-0.1, -0.05) is 6.07 Å². The number of nitrogen functional groups attached to an aromatic ring is 1. The Morgan fingerprint density at radius 1 is 1.20 bits per heavy atom. The predicted molar refractivity (Wildman–Crippen MR) is 87.6 cm³/mol. The third-order valence-electron chi connectivity index (χ3n) is 3.53. The largest absolute Gasteiger partial charge is 0.443 e. The zero-order valence-corrected chi connectivity index (χ0v) is 14.0. The number of benzene rings is 1. The predicted octanol–water partition coefficient (Wildman–Crippen LogP) is 2.99. The Balaban J connectivity index is 1.83. The zero-order valence-electron chi connectivity index (χ0n) is 12.4. The quantitative estimate of drug-likeness (QED) is 0.561. The summed E-state index contributed by atoms with van der Waals surface area (Å²) in [5.74, 6) is -0.832. The summed E-state index contributed by atoms with van der Waals surface area (Å²) in [6.07, 6.45) is 2.75. The maximum Gasteiger partial charge on any atom is 0.246 e. The molecule has 126 valence electrons. The van der Waals surface area contributed by atoms with E-state index in [1.165, 1.54) is 35.2 Å². The number of nitrogens with zero attached hydrogens (tertiary/aromatic N) is 5. The van der Waals surface area contributed by atoms with Gasteiger partial charge >= 0.3 is 0 Å². The van der Waals surface area contributed by atoms with E-state index >= 15 is 0 Å². The Morgan fingerprint density at radius 3 is 2.64 bits per heavy atom. The van der Waals surface area contributed by atoms with Gasteiger partial charge in [0, 0.05) is 12.0 Å². The van der Waals surface area contributed by atoms with Gasteiger partial charge < -0.3 is 10.2 Å². The van der Waals surface area contributed by atoms with Crippen LogP contribution in [0.2, 0.25) is 0 Å². The lowest BCUT2D eigenvalue weighted by Gasteiger charge is -2.03. The molecule has 25 heavy (non-hydrogen) atoms. The van der Waals surface area contributed by atoms with Crippen molar-refractivity contribution in [1.82, 2.24) is 24.6 Å². The van der Waals surface area contributed by atoms with Crippen molar-refractivity contribution in [1.29, 1.82) is 0 Å². The summed E-state index contributed by atoms with van der Waals surface area (Å²) in [4.78, 5) is 12.5. The molecule has 3 aromatic heterocycles. The van der Waals surface area contributed by atoms with E-state index in [1.807, 2.05) is 0 Å². The molecule has 4 aromatic rings. The number of hydrogen-bond acceptors (Lipinski definition) is 6. The van der Waals surface area contributed by atoms with Gasteiger partial charge in [-0.25, -0.2) is 23.7 Å². The van der Waals surface area contributed by atoms with Crippen LogP contribution >= 0.6 is 15.9 Å². The second-order valence-corrected chi connectivity index (χ2v) is 5.90. The summed E-state index contributed by atoms with van der Waals surface area (Å²) in [5.41, 5.74) is 6.49. The Kier molecular flexibility index (Phi) is 3.68. The van der Waals surface area contributed by atoms with Crippen molar-refractivity contribution in [3.8, 4) is 11.6 Å². The lowest BCUT2D eigenvalue weighted by Crippen LogP contribution is -2.05. The van der Waals surface area contributed by atoms with E-state index in [4.69, 9.17) is 10.2 Å². The van der Waals surface area contributed by atoms with Crippen molar-refractivity contribution in [2.45, 2.75) is 6.42 Å². The van der Waals surface area contributed by atoms with Gasteiger partial charge in [0.2, 0.25) is 11.8 Å². The highest BCUT2D eigenvalue weighted by Crippen LogP contribution is 2.30. The van der Waals surface area contributed by atoms with E-state index in [2.05, 4.69) is 36.0 Å². The molecule has 1 aromatic carbocycles. The first kappa shape index (κ1) is 15.6. The highest BCUT2D eigenvalue weighted by molar-refractivity contribution is 9.10. The van der Waals surface area contributed by atoms with Gasteiger partial charge in [-0.05, 0) is 28.1 Å². The fourth-order valence-electron chi connectivity index (χ4n) is 2.39. The van der Waals surface area contributed by atoms with Gasteiger partial charge in [-0.3, -0.25) is 0 Å². The number of nitrogens with two attached hydrogens (primary N) is 1. The van der Waals surface area contributed by atoms with Gasteiger partial charge in [0.05, 0.1) is 10.7 Å². The molecule has 0 saturated carbocycles. The first-order valence-corrected chi connectivity index (χ1v) is 7.87. The molecular weight excluding hydrogens is 398 g/mol. The van der Waals surface area contributed by atoms with E-state index in [0.29, 0.717) is 15.8 Å². The van der Waals surface area contributed by atoms with Crippen molar-refractivity contribution in [3.05, 3.63) is 58.2 Å². The smallest absolute Gasteiger partial charge is 0.246 e. The Morgan fingerprint density at radius 2 is 1.96 bits per heavy atom. The van der Waals surface area contributed by atoms with Crippen LogP contribution in [0.25, 0.3) is 17.2 Å². The minimum atomic E-state index is -0.663. The van der Waals surface area contributed by atoms with Gasteiger partial charge in [-0.15, -0.1) is 5.10 Å². The molecule has 0 unspecified atom stereocenters. The molecule has 0 amide bonds. The number of hydrogen-bond donors (Lipinski definition) is 1. The molecule has 0 fully saturated rings. The van der Waals surface area contributed by atoms with Crippen molar-refractivity contribution in [2.24, 2.45) is 0 Å². The number of anilines is 1. The average Bonchev–Trinajstić information content (AvgIpc) is 3.24. The minimum Gasteiger partial charge on any atom is -0.443 e. The van der Waals surface area contributed by atoms with Crippen LogP contribution < -0.4 is 5.73 Å². The number of oxazole rings is 1. The summed E-state index contributed by atoms with van der Waals surface area (Å²) in [5, 5.41) is 4.18. The molecule has 0 bridgehead atoms. The van der Waals surface area contributed by atoms with Gasteiger partial charge in [0.15, 0.2) is 11.5 Å². The first-order valence-electron chi connectivity index (χ1n) is 7.08. The SMILES string of the molecule is Nc1nc(-c2ncco2)c(Br)c2nc(Cc3c(F)cccc3F)nn12. The van der Waals surface area contributed by atoms with E-state index in [1.54, 1.807) is 0 Å². The van der Waals surface area contributed by atoms with Crippen molar-refractivity contribution in [3.63, 3.8) is 0 Å². The summed E-state index contributed by atoms with van der Waals surface area (Å²) in [7, 11) is 0. The topological polar surface area (TPSA) is 95.1 Å². The minimum absolute atomic E-state index is 0.0409. The zero-order chi connectivity index (χ0) is 17.6. The van der Waals surface area contributed by atoms with Gasteiger partial charge in [-0.2, -0.15) is 4.52 Å². The molecule has 0 spiro atoms. The van der Waals surface area contributed by atoms with E-state index in [9.17, 15) is 8.78 Å². The maximum absolute atomic E-state index is 13.8. The van der Waals surface area contributed by atoms with Crippen LogP contribution in [0.5, 0.6) is 0 Å². The summed E-state index contributed by atoms with van der Waals surface area (Å²) in [6, 6.07) is 3.66. The van der Waals surface area contributed by atoms with Crippen LogP contribution in [0, 0.1) is 11.6 Å². The molecular formula is C15H9BrF2N6O. The second-order valence-electron chi connectivity index (χ2n) is 5.11. The molecule has 4 rings (SSSR count). The molecule has 2 N–H and O–H groups in total. The summed E-state index contributed by atoms with van der Waals surface area (Å²) < 4.78 is 34.6. The summed E-state index contributed by atoms with van der Waals surface area (Å²) >= 11 is 3.38. The van der Waals surface area contributed by atoms with Crippen LogP contribution in [0.3, 0.4) is 0 Å². The van der Waals surface area contributed by atoms with Crippen LogP contribution in [0.15, 0.2) is 39.5 Å². The first-order chi connectivity index (χ1) is 12.0. The Labute approximate surface area is 147 Å². The maximum atomic E-state index is 13.8. The third kappa shape index (κ3) is 2.64. The van der Waals surface area contributed by atoms with Crippen LogP contribution in [0.4, 0.5) is 14.7 Å². The Hall–Kier alpha value is -2.88. The van der Waals surface area contributed by atoms with Crippen LogP contribution in [-0.2, 0) is 6.42 Å². The number of fused-ring (bicyclic) bond motifs is 1. The highest BCUT2D eigenvalue weighted by Gasteiger charge is 2.20. The second kappa shape index (κ2) is 5.88. The Bertz CT molecular complexity index is 1060. The fraction of sp³-hybridized carbons (Fsp3) is 0.0667. The van der Waals surface area contributed by atoms with E-state index < -0.39 is 11.6 Å². The van der Waals surface area contributed by atoms with Gasteiger partial charge in [0.1, 0.15) is 23.6 Å². The number of rotatable bonds is 3. The van der Waals surface area contributed by atoms with Gasteiger partial charge in [0.25, 0.3) is 0 Å². The van der Waals surface area contributed by atoms with Crippen molar-refractivity contribution in [2.75, 3.05) is 5.73 Å². The monoisotopic (exact) mass is 406 g/mol. The van der Waals surface area contributed by atoms with E-state index in [0.717, 1.165) is 0 Å². The molecule has 3 heterocycles. The molecule has 0 atom stereocenters. The van der Waals surface area contributed by atoms with Crippen molar-refractivity contribution >= 4 is 27.5 Å². The lowest BCUT2D eigenvalue weighted by molar-refractivity contribution is 0.559. The molecule has 0 radical (unpaired) electrons. The van der Waals surface area contributed by atoms with Crippen LogP contribution in [-0.4, -0.2) is 24.6 Å². The lowest BCUT2D eigenvalue weighted by atomic mass is 10.1. The number of aromatic nitrogens is 5. The summed E-state index contributed by atoms with van der Waals surface area (Å²) in [6.45, 7) is 0. The number of halogens is 3. The van der Waals surface area contributed by atoms with Crippen molar-refractivity contribution < 1.29 is 13.2 Å². The molecule has 0 saturated heterocycles. The normalized spacial score (nSPS) is 11.3.